The largest absolute Gasteiger partial charge is 0.481 e. The van der Waals surface area contributed by atoms with Gasteiger partial charge in [0.15, 0.2) is 0 Å². The van der Waals surface area contributed by atoms with Crippen LogP contribution in [-0.4, -0.2) is 36.2 Å². The van der Waals surface area contributed by atoms with Crippen LogP contribution in [0.4, 0.5) is 10.5 Å². The fourth-order valence-electron chi connectivity index (χ4n) is 4.00. The Labute approximate surface area is 211 Å². The number of hydrogen-bond acceptors (Lipinski definition) is 4. The lowest BCUT2D eigenvalue weighted by Gasteiger charge is -2.20. The molecule has 0 unspecified atom stereocenters. The smallest absolute Gasteiger partial charge is 0.411 e. The molecule has 0 radical (unpaired) electrons. The first-order chi connectivity index (χ1) is 16.7. The quantitative estimate of drug-likeness (QED) is 0.361. The molecule has 4 rings (SSSR count). The standard InChI is InChI=1S/C27H25BrN2O5/c1-27(2,25(32)33)15-29-24(31)21-13-16(11-12-23(21)28)30-26(34)35-14-22-19-9-5-3-7-17(19)18-8-4-6-10-20(18)22/h3-13,22H,14-15H2,1-2H3,(H,29,31)(H,30,34)(H,32,33). The first-order valence-corrected chi connectivity index (χ1v) is 11.9. The first kappa shape index (κ1) is 24.5. The molecule has 2 amide bonds. The molecular formula is C27H25BrN2O5. The van der Waals surface area contributed by atoms with Crippen molar-refractivity contribution in [3.05, 3.63) is 87.9 Å². The molecule has 0 spiro atoms. The summed E-state index contributed by atoms with van der Waals surface area (Å²) in [5.41, 5.74) is 4.06. The van der Waals surface area contributed by atoms with E-state index in [2.05, 4.69) is 38.7 Å². The molecule has 7 nitrogen and oxygen atoms in total. The highest BCUT2D eigenvalue weighted by atomic mass is 79.9. The van der Waals surface area contributed by atoms with Crippen molar-refractivity contribution >= 4 is 39.6 Å². The van der Waals surface area contributed by atoms with Crippen LogP contribution in [0.25, 0.3) is 11.1 Å². The number of amides is 2. The topological polar surface area (TPSA) is 105 Å². The lowest BCUT2D eigenvalue weighted by Crippen LogP contribution is -2.39. The van der Waals surface area contributed by atoms with Gasteiger partial charge in [-0.3, -0.25) is 14.9 Å². The van der Waals surface area contributed by atoms with E-state index >= 15 is 0 Å². The third-order valence-electron chi connectivity index (χ3n) is 6.07. The number of ether oxygens (including phenoxy) is 1. The zero-order chi connectivity index (χ0) is 25.2. The zero-order valence-electron chi connectivity index (χ0n) is 19.3. The van der Waals surface area contributed by atoms with Gasteiger partial charge in [0.2, 0.25) is 0 Å². The molecule has 0 heterocycles. The van der Waals surface area contributed by atoms with E-state index in [-0.39, 0.29) is 24.6 Å². The Morgan fingerprint density at radius 1 is 0.971 bits per heavy atom. The van der Waals surface area contributed by atoms with Gasteiger partial charge in [-0.1, -0.05) is 48.5 Å². The van der Waals surface area contributed by atoms with Crippen molar-refractivity contribution in [2.45, 2.75) is 19.8 Å². The highest BCUT2D eigenvalue weighted by Crippen LogP contribution is 2.44. The number of carbonyl (C=O) groups is 3. The number of halogens is 1. The van der Waals surface area contributed by atoms with Crippen LogP contribution in [0.5, 0.6) is 0 Å². The number of carboxylic acid groups (broad SMARTS) is 1. The molecule has 0 atom stereocenters. The molecule has 35 heavy (non-hydrogen) atoms. The lowest BCUT2D eigenvalue weighted by atomic mass is 9.94. The van der Waals surface area contributed by atoms with Gasteiger partial charge in [-0.2, -0.15) is 0 Å². The Morgan fingerprint density at radius 3 is 2.17 bits per heavy atom. The fraction of sp³-hybridized carbons (Fsp3) is 0.222. The first-order valence-electron chi connectivity index (χ1n) is 11.1. The molecule has 1 aliphatic rings. The van der Waals surface area contributed by atoms with Gasteiger partial charge in [-0.05, 0) is 70.2 Å². The molecule has 0 saturated heterocycles. The van der Waals surface area contributed by atoms with E-state index in [4.69, 9.17) is 4.74 Å². The second-order valence-electron chi connectivity index (χ2n) is 9.02. The van der Waals surface area contributed by atoms with Crippen LogP contribution < -0.4 is 10.6 Å². The molecule has 3 aromatic rings. The van der Waals surface area contributed by atoms with E-state index in [1.807, 2.05) is 36.4 Å². The van der Waals surface area contributed by atoms with E-state index in [1.165, 1.54) is 19.9 Å². The monoisotopic (exact) mass is 536 g/mol. The number of nitrogens with one attached hydrogen (secondary N) is 2. The molecule has 0 aliphatic heterocycles. The number of anilines is 1. The van der Waals surface area contributed by atoms with Crippen LogP contribution in [0, 0.1) is 5.41 Å². The normalized spacial score (nSPS) is 12.4. The summed E-state index contributed by atoms with van der Waals surface area (Å²) in [6.07, 6.45) is -0.632. The Balaban J connectivity index is 1.41. The molecule has 0 aromatic heterocycles. The van der Waals surface area contributed by atoms with Crippen molar-refractivity contribution in [1.82, 2.24) is 5.32 Å². The zero-order valence-corrected chi connectivity index (χ0v) is 20.9. The third kappa shape index (κ3) is 5.22. The molecule has 3 N–H and O–H groups in total. The van der Waals surface area contributed by atoms with Gasteiger partial charge in [0, 0.05) is 22.6 Å². The van der Waals surface area contributed by atoms with Crippen molar-refractivity contribution in [3.8, 4) is 11.1 Å². The highest BCUT2D eigenvalue weighted by molar-refractivity contribution is 9.10. The van der Waals surface area contributed by atoms with Crippen molar-refractivity contribution in [1.29, 1.82) is 0 Å². The molecule has 0 saturated carbocycles. The summed E-state index contributed by atoms with van der Waals surface area (Å²) in [6.45, 7) is 3.19. The van der Waals surface area contributed by atoms with Crippen molar-refractivity contribution in [3.63, 3.8) is 0 Å². The summed E-state index contributed by atoms with van der Waals surface area (Å²) in [4.78, 5) is 36.5. The van der Waals surface area contributed by atoms with E-state index in [1.54, 1.807) is 12.1 Å². The van der Waals surface area contributed by atoms with Crippen LogP contribution in [-0.2, 0) is 9.53 Å². The highest BCUT2D eigenvalue weighted by Gasteiger charge is 2.30. The molecule has 0 fully saturated rings. The number of benzene rings is 3. The fourth-order valence-corrected chi connectivity index (χ4v) is 4.43. The average molecular weight is 537 g/mol. The van der Waals surface area contributed by atoms with Crippen molar-refractivity contribution in [2.24, 2.45) is 5.41 Å². The van der Waals surface area contributed by atoms with Gasteiger partial charge in [-0.15, -0.1) is 0 Å². The Bertz CT molecular complexity index is 1260. The summed E-state index contributed by atoms with van der Waals surface area (Å²) in [5.74, 6) is -1.53. The third-order valence-corrected chi connectivity index (χ3v) is 6.76. The molecule has 1 aliphatic carbocycles. The number of hydrogen-bond donors (Lipinski definition) is 3. The van der Waals surface area contributed by atoms with Crippen molar-refractivity contribution in [2.75, 3.05) is 18.5 Å². The van der Waals surface area contributed by atoms with Gasteiger partial charge in [0.25, 0.3) is 5.91 Å². The van der Waals surface area contributed by atoms with Crippen LogP contribution in [0.2, 0.25) is 0 Å². The molecule has 0 bridgehead atoms. The van der Waals surface area contributed by atoms with E-state index in [0.717, 1.165) is 22.3 Å². The Kier molecular flexibility index (Phi) is 6.93. The average Bonchev–Trinajstić information content (AvgIpc) is 3.16. The predicted molar refractivity (Wildman–Crippen MR) is 137 cm³/mol. The van der Waals surface area contributed by atoms with E-state index in [0.29, 0.717) is 10.2 Å². The Morgan fingerprint density at radius 2 is 1.57 bits per heavy atom. The number of aliphatic carboxylic acids is 1. The summed E-state index contributed by atoms with van der Waals surface area (Å²) < 4.78 is 6.08. The summed E-state index contributed by atoms with van der Waals surface area (Å²) in [7, 11) is 0. The van der Waals surface area contributed by atoms with Gasteiger partial charge < -0.3 is 15.2 Å². The van der Waals surface area contributed by atoms with E-state index in [9.17, 15) is 19.5 Å². The SMILES string of the molecule is CC(C)(CNC(=O)c1cc(NC(=O)OCC2c3ccccc3-c3ccccc32)ccc1Br)C(=O)O. The summed E-state index contributed by atoms with van der Waals surface area (Å²) >= 11 is 3.33. The minimum atomic E-state index is -1.11. The second kappa shape index (κ2) is 9.92. The maximum atomic E-state index is 12.6. The van der Waals surface area contributed by atoms with Gasteiger partial charge in [-0.25, -0.2) is 4.79 Å². The number of rotatable bonds is 7. The maximum Gasteiger partial charge on any atom is 0.411 e. The lowest BCUT2D eigenvalue weighted by molar-refractivity contribution is -0.146. The Hall–Kier alpha value is -3.65. The van der Waals surface area contributed by atoms with E-state index < -0.39 is 23.4 Å². The summed E-state index contributed by atoms with van der Waals surface area (Å²) in [6, 6.07) is 21.0. The number of carboxylic acids is 1. The van der Waals surface area contributed by atoms with Crippen LogP contribution in [0.15, 0.2) is 71.2 Å². The van der Waals surface area contributed by atoms with Crippen LogP contribution in [0.1, 0.15) is 41.3 Å². The van der Waals surface area contributed by atoms with Gasteiger partial charge >= 0.3 is 12.1 Å². The number of carbonyl (C=O) groups excluding carboxylic acids is 2. The van der Waals surface area contributed by atoms with Crippen molar-refractivity contribution < 1.29 is 24.2 Å². The second-order valence-corrected chi connectivity index (χ2v) is 9.87. The minimum absolute atomic E-state index is 0.0440. The number of fused-ring (bicyclic) bond motifs is 3. The molecule has 3 aromatic carbocycles. The predicted octanol–water partition coefficient (Wildman–Crippen LogP) is 5.65. The summed E-state index contributed by atoms with van der Waals surface area (Å²) in [5, 5.41) is 14.5. The van der Waals surface area contributed by atoms with Crippen LogP contribution >= 0.6 is 15.9 Å². The maximum absolute atomic E-state index is 12.6. The van der Waals surface area contributed by atoms with Gasteiger partial charge in [0.05, 0.1) is 11.0 Å². The molecular weight excluding hydrogens is 512 g/mol. The molecule has 180 valence electrons. The van der Waals surface area contributed by atoms with Crippen LogP contribution in [0.3, 0.4) is 0 Å². The minimum Gasteiger partial charge on any atom is -0.481 e. The molecule has 8 heteroatoms. The van der Waals surface area contributed by atoms with Gasteiger partial charge in [0.1, 0.15) is 6.61 Å².